The molecule has 2 N–H and O–H groups in total. The van der Waals surface area contributed by atoms with E-state index in [9.17, 15) is 4.79 Å². The number of carbonyl (C=O) groups excluding carboxylic acids is 1. The summed E-state index contributed by atoms with van der Waals surface area (Å²) in [4.78, 5) is 14.0. The SMILES string of the molecule is CNC(=O)CCCNCc1cc2c(s1)CCC2. The van der Waals surface area contributed by atoms with Gasteiger partial charge in [-0.3, -0.25) is 4.79 Å². The molecule has 1 aromatic heterocycles. The van der Waals surface area contributed by atoms with Crippen molar-refractivity contribution in [2.24, 2.45) is 0 Å². The van der Waals surface area contributed by atoms with Gasteiger partial charge in [-0.15, -0.1) is 11.3 Å². The van der Waals surface area contributed by atoms with Crippen molar-refractivity contribution in [1.29, 1.82) is 0 Å². The summed E-state index contributed by atoms with van der Waals surface area (Å²) < 4.78 is 0. The van der Waals surface area contributed by atoms with Crippen LogP contribution in [0.15, 0.2) is 6.07 Å². The maximum atomic E-state index is 11.0. The maximum Gasteiger partial charge on any atom is 0.219 e. The molecule has 0 aromatic carbocycles. The summed E-state index contributed by atoms with van der Waals surface area (Å²) >= 11 is 1.95. The van der Waals surface area contributed by atoms with Gasteiger partial charge in [-0.25, -0.2) is 0 Å². The molecule has 1 aliphatic carbocycles. The fourth-order valence-electron chi connectivity index (χ4n) is 2.19. The van der Waals surface area contributed by atoms with E-state index in [1.54, 1.807) is 17.5 Å². The highest BCUT2D eigenvalue weighted by Gasteiger charge is 2.14. The number of aryl methyl sites for hydroxylation is 2. The van der Waals surface area contributed by atoms with Gasteiger partial charge in [0.25, 0.3) is 0 Å². The molecule has 1 amide bonds. The zero-order chi connectivity index (χ0) is 12.1. The van der Waals surface area contributed by atoms with E-state index >= 15 is 0 Å². The minimum absolute atomic E-state index is 0.127. The van der Waals surface area contributed by atoms with Crippen LogP contribution in [0.4, 0.5) is 0 Å². The first kappa shape index (κ1) is 12.6. The van der Waals surface area contributed by atoms with Gasteiger partial charge in [0, 0.05) is 29.8 Å². The van der Waals surface area contributed by atoms with Gasteiger partial charge in [0.15, 0.2) is 0 Å². The predicted octanol–water partition coefficient (Wildman–Crippen LogP) is 1.85. The molecule has 0 aliphatic heterocycles. The zero-order valence-electron chi connectivity index (χ0n) is 10.3. The summed E-state index contributed by atoms with van der Waals surface area (Å²) in [6, 6.07) is 2.35. The fraction of sp³-hybridized carbons (Fsp3) is 0.615. The Labute approximate surface area is 107 Å². The lowest BCUT2D eigenvalue weighted by Crippen LogP contribution is -2.20. The highest BCUT2D eigenvalue weighted by molar-refractivity contribution is 7.12. The summed E-state index contributed by atoms with van der Waals surface area (Å²) in [6.07, 6.45) is 5.40. The molecule has 0 saturated carbocycles. The Morgan fingerprint density at radius 3 is 3.12 bits per heavy atom. The Kier molecular flexibility index (Phi) is 4.57. The standard InChI is InChI=1S/C13H20N2OS/c1-14-13(16)6-3-7-15-9-11-8-10-4-2-5-12(10)17-11/h8,15H,2-7,9H2,1H3,(H,14,16). The van der Waals surface area contributed by atoms with Crippen molar-refractivity contribution in [1.82, 2.24) is 10.6 Å². The van der Waals surface area contributed by atoms with Crippen LogP contribution in [0.2, 0.25) is 0 Å². The summed E-state index contributed by atoms with van der Waals surface area (Å²) in [6.45, 7) is 1.86. The molecule has 3 nitrogen and oxygen atoms in total. The molecular formula is C13H20N2OS. The van der Waals surface area contributed by atoms with Crippen LogP contribution in [0.1, 0.15) is 34.6 Å². The molecule has 0 unspecified atom stereocenters. The topological polar surface area (TPSA) is 41.1 Å². The van der Waals surface area contributed by atoms with Gasteiger partial charge in [0.2, 0.25) is 5.91 Å². The minimum Gasteiger partial charge on any atom is -0.359 e. The van der Waals surface area contributed by atoms with Crippen molar-refractivity contribution in [3.05, 3.63) is 21.4 Å². The van der Waals surface area contributed by atoms with E-state index in [0.29, 0.717) is 6.42 Å². The minimum atomic E-state index is 0.127. The third-order valence-electron chi connectivity index (χ3n) is 3.13. The molecule has 0 saturated heterocycles. The number of nitrogens with one attached hydrogen (secondary N) is 2. The van der Waals surface area contributed by atoms with Gasteiger partial charge >= 0.3 is 0 Å². The van der Waals surface area contributed by atoms with Crippen molar-refractivity contribution < 1.29 is 4.79 Å². The van der Waals surface area contributed by atoms with Crippen molar-refractivity contribution in [3.8, 4) is 0 Å². The van der Waals surface area contributed by atoms with Crippen molar-refractivity contribution in [2.75, 3.05) is 13.6 Å². The third-order valence-corrected chi connectivity index (χ3v) is 4.37. The smallest absolute Gasteiger partial charge is 0.219 e. The predicted molar refractivity (Wildman–Crippen MR) is 71.4 cm³/mol. The van der Waals surface area contributed by atoms with Crippen molar-refractivity contribution in [2.45, 2.75) is 38.6 Å². The first-order chi connectivity index (χ1) is 8.29. The lowest BCUT2D eigenvalue weighted by molar-refractivity contribution is -0.120. The van der Waals surface area contributed by atoms with Crippen LogP contribution in [-0.4, -0.2) is 19.5 Å². The van der Waals surface area contributed by atoms with Gasteiger partial charge in [0.05, 0.1) is 0 Å². The first-order valence-electron chi connectivity index (χ1n) is 6.31. The number of hydrogen-bond donors (Lipinski definition) is 2. The van der Waals surface area contributed by atoms with Crippen LogP contribution < -0.4 is 10.6 Å². The highest BCUT2D eigenvalue weighted by atomic mass is 32.1. The Hall–Kier alpha value is -0.870. The highest BCUT2D eigenvalue weighted by Crippen LogP contribution is 2.30. The third kappa shape index (κ3) is 3.54. The average molecular weight is 252 g/mol. The lowest BCUT2D eigenvalue weighted by atomic mass is 10.2. The van der Waals surface area contributed by atoms with E-state index in [1.807, 2.05) is 11.3 Å². The monoisotopic (exact) mass is 252 g/mol. The van der Waals surface area contributed by atoms with Crippen LogP contribution in [0.25, 0.3) is 0 Å². The van der Waals surface area contributed by atoms with Crippen LogP contribution in [-0.2, 0) is 24.2 Å². The molecule has 1 heterocycles. The molecule has 17 heavy (non-hydrogen) atoms. The van der Waals surface area contributed by atoms with E-state index in [2.05, 4.69) is 16.7 Å². The molecular weight excluding hydrogens is 232 g/mol. The van der Waals surface area contributed by atoms with E-state index in [0.717, 1.165) is 19.5 Å². The second-order valence-electron chi connectivity index (χ2n) is 4.47. The molecule has 0 atom stereocenters. The second-order valence-corrected chi connectivity index (χ2v) is 5.69. The number of amides is 1. The average Bonchev–Trinajstić information content (AvgIpc) is 2.88. The van der Waals surface area contributed by atoms with Crippen LogP contribution in [0, 0.1) is 0 Å². The van der Waals surface area contributed by atoms with Crippen molar-refractivity contribution >= 4 is 17.2 Å². The molecule has 94 valence electrons. The quantitative estimate of drug-likeness (QED) is 0.759. The van der Waals surface area contributed by atoms with Gasteiger partial charge < -0.3 is 10.6 Å². The maximum absolute atomic E-state index is 11.0. The number of fused-ring (bicyclic) bond motifs is 1. The molecule has 0 radical (unpaired) electrons. The van der Waals surface area contributed by atoms with Crippen LogP contribution >= 0.6 is 11.3 Å². The van der Waals surface area contributed by atoms with Gasteiger partial charge in [-0.05, 0) is 43.9 Å². The normalized spacial score (nSPS) is 13.7. The summed E-state index contributed by atoms with van der Waals surface area (Å²) in [5, 5.41) is 6.04. The molecule has 4 heteroatoms. The van der Waals surface area contributed by atoms with Gasteiger partial charge in [-0.2, -0.15) is 0 Å². The Balaban J connectivity index is 1.63. The van der Waals surface area contributed by atoms with E-state index in [4.69, 9.17) is 0 Å². The Morgan fingerprint density at radius 2 is 2.35 bits per heavy atom. The second kappa shape index (κ2) is 6.17. The van der Waals surface area contributed by atoms with E-state index < -0.39 is 0 Å². The van der Waals surface area contributed by atoms with Crippen LogP contribution in [0.3, 0.4) is 0 Å². The van der Waals surface area contributed by atoms with E-state index in [1.165, 1.54) is 24.1 Å². The molecule has 0 bridgehead atoms. The number of hydrogen-bond acceptors (Lipinski definition) is 3. The summed E-state index contributed by atoms with van der Waals surface area (Å²) in [5.41, 5.74) is 1.57. The molecule has 2 rings (SSSR count). The fourth-order valence-corrected chi connectivity index (χ4v) is 3.42. The largest absolute Gasteiger partial charge is 0.359 e. The Morgan fingerprint density at radius 1 is 1.47 bits per heavy atom. The summed E-state index contributed by atoms with van der Waals surface area (Å²) in [7, 11) is 1.68. The van der Waals surface area contributed by atoms with Gasteiger partial charge in [-0.1, -0.05) is 0 Å². The Bertz CT molecular complexity index is 365. The molecule has 1 aromatic rings. The number of rotatable bonds is 6. The van der Waals surface area contributed by atoms with Crippen LogP contribution in [0.5, 0.6) is 0 Å². The first-order valence-corrected chi connectivity index (χ1v) is 7.13. The number of thiophene rings is 1. The summed E-state index contributed by atoms with van der Waals surface area (Å²) in [5.74, 6) is 0.127. The zero-order valence-corrected chi connectivity index (χ0v) is 11.2. The van der Waals surface area contributed by atoms with E-state index in [-0.39, 0.29) is 5.91 Å². The molecule has 0 spiro atoms. The molecule has 0 fully saturated rings. The van der Waals surface area contributed by atoms with Crippen molar-refractivity contribution in [3.63, 3.8) is 0 Å². The number of carbonyl (C=O) groups is 1. The van der Waals surface area contributed by atoms with Gasteiger partial charge in [0.1, 0.15) is 0 Å². The lowest BCUT2D eigenvalue weighted by Gasteiger charge is -2.02. The molecule has 1 aliphatic rings.